The molecule has 3 aromatic carbocycles. The summed E-state index contributed by atoms with van der Waals surface area (Å²) in [6.07, 6.45) is -2.43. The van der Waals surface area contributed by atoms with Crippen LogP contribution in [-0.4, -0.2) is 34.2 Å². The molecule has 4 rings (SSSR count). The highest BCUT2D eigenvalue weighted by Gasteiger charge is 2.48. The molecule has 3 aromatic rings. The van der Waals surface area contributed by atoms with Crippen LogP contribution in [0.4, 0.5) is 4.79 Å². The number of carboxylic acid groups (broad SMARTS) is 1. The van der Waals surface area contributed by atoms with E-state index >= 15 is 0 Å². The lowest BCUT2D eigenvalue weighted by molar-refractivity contribution is -0.181. The molecule has 1 aliphatic rings. The molecule has 1 aliphatic heterocycles. The zero-order valence-corrected chi connectivity index (χ0v) is 17.7. The van der Waals surface area contributed by atoms with Crippen molar-refractivity contribution >= 4 is 12.1 Å². The number of carbonyl (C=O) groups is 2. The van der Waals surface area contributed by atoms with Crippen molar-refractivity contribution < 1.29 is 24.2 Å². The van der Waals surface area contributed by atoms with Crippen LogP contribution in [0.3, 0.4) is 0 Å². The van der Waals surface area contributed by atoms with Crippen LogP contribution in [0, 0.1) is 0 Å². The molecule has 0 aliphatic carbocycles. The van der Waals surface area contributed by atoms with Gasteiger partial charge in [-0.05, 0) is 23.6 Å². The second kappa shape index (κ2) is 9.66. The fourth-order valence-corrected chi connectivity index (χ4v) is 4.12. The topological polar surface area (TPSA) is 76.1 Å². The van der Waals surface area contributed by atoms with Crippen LogP contribution in [0.2, 0.25) is 0 Å². The first-order valence-corrected chi connectivity index (χ1v) is 10.5. The van der Waals surface area contributed by atoms with E-state index in [4.69, 9.17) is 9.47 Å². The number of carbonyl (C=O) groups excluding carboxylic acids is 1. The number of ether oxygens (including phenoxy) is 2. The Bertz CT molecular complexity index is 1040. The SMILES string of the molecule is C[C@@H]1C(C(=O)O)O[C@@H](c2ccccc2)[C@@H](c2ccccc2)N1C(=O)OCc1ccccc1. The number of morpholine rings is 1. The average molecular weight is 431 g/mol. The molecule has 1 heterocycles. The molecule has 0 spiro atoms. The van der Waals surface area contributed by atoms with E-state index < -0.39 is 36.4 Å². The Balaban J connectivity index is 1.73. The Morgan fingerprint density at radius 1 is 0.875 bits per heavy atom. The van der Waals surface area contributed by atoms with Crippen LogP contribution >= 0.6 is 0 Å². The van der Waals surface area contributed by atoms with Gasteiger partial charge in [-0.3, -0.25) is 4.90 Å². The van der Waals surface area contributed by atoms with E-state index in [0.717, 1.165) is 16.7 Å². The maximum absolute atomic E-state index is 13.4. The molecule has 6 heteroatoms. The number of rotatable bonds is 5. The number of nitrogens with zero attached hydrogens (tertiary/aromatic N) is 1. The number of hydrogen-bond acceptors (Lipinski definition) is 4. The summed E-state index contributed by atoms with van der Waals surface area (Å²) in [4.78, 5) is 26.9. The highest BCUT2D eigenvalue weighted by Crippen LogP contribution is 2.44. The van der Waals surface area contributed by atoms with E-state index in [1.165, 1.54) is 4.90 Å². The highest BCUT2D eigenvalue weighted by atomic mass is 16.6. The van der Waals surface area contributed by atoms with Gasteiger partial charge in [0.15, 0.2) is 6.10 Å². The Morgan fingerprint density at radius 2 is 1.41 bits per heavy atom. The summed E-state index contributed by atoms with van der Waals surface area (Å²) in [5, 5.41) is 9.83. The van der Waals surface area contributed by atoms with Crippen molar-refractivity contribution in [1.82, 2.24) is 4.90 Å². The van der Waals surface area contributed by atoms with Gasteiger partial charge in [-0.2, -0.15) is 0 Å². The molecule has 0 saturated carbocycles. The fraction of sp³-hybridized carbons (Fsp3) is 0.231. The van der Waals surface area contributed by atoms with Gasteiger partial charge in [0.1, 0.15) is 12.7 Å². The second-order valence-electron chi connectivity index (χ2n) is 7.77. The number of hydrogen-bond donors (Lipinski definition) is 1. The quantitative estimate of drug-likeness (QED) is 0.617. The molecular formula is C26H25NO5. The van der Waals surface area contributed by atoms with Crippen molar-refractivity contribution in [2.24, 2.45) is 0 Å². The van der Waals surface area contributed by atoms with E-state index in [9.17, 15) is 14.7 Å². The first-order valence-electron chi connectivity index (χ1n) is 10.5. The minimum Gasteiger partial charge on any atom is -0.479 e. The van der Waals surface area contributed by atoms with Gasteiger partial charge in [0.25, 0.3) is 0 Å². The van der Waals surface area contributed by atoms with Gasteiger partial charge in [-0.1, -0.05) is 91.0 Å². The molecule has 1 saturated heterocycles. The van der Waals surface area contributed by atoms with E-state index in [1.807, 2.05) is 91.0 Å². The largest absolute Gasteiger partial charge is 0.479 e. The van der Waals surface area contributed by atoms with E-state index in [0.29, 0.717) is 0 Å². The molecular weight excluding hydrogens is 406 g/mol. The number of aliphatic carboxylic acids is 1. The molecule has 0 bridgehead atoms. The lowest BCUT2D eigenvalue weighted by Gasteiger charge is -2.47. The summed E-state index contributed by atoms with van der Waals surface area (Å²) in [6.45, 7) is 1.78. The molecule has 6 nitrogen and oxygen atoms in total. The molecule has 1 N–H and O–H groups in total. The summed E-state index contributed by atoms with van der Waals surface area (Å²) in [5.74, 6) is -1.12. The molecule has 4 atom stereocenters. The lowest BCUT2D eigenvalue weighted by Crippen LogP contribution is -2.57. The van der Waals surface area contributed by atoms with Crippen LogP contribution in [0.25, 0.3) is 0 Å². The molecule has 1 amide bonds. The Labute approximate surface area is 187 Å². The van der Waals surface area contributed by atoms with Crippen molar-refractivity contribution in [2.45, 2.75) is 37.8 Å². The molecule has 1 fully saturated rings. The Kier molecular flexibility index (Phi) is 6.52. The monoisotopic (exact) mass is 431 g/mol. The molecule has 0 radical (unpaired) electrons. The molecule has 32 heavy (non-hydrogen) atoms. The van der Waals surface area contributed by atoms with Crippen LogP contribution in [0.5, 0.6) is 0 Å². The van der Waals surface area contributed by atoms with Crippen LogP contribution in [0.15, 0.2) is 91.0 Å². The van der Waals surface area contributed by atoms with Crippen LogP contribution in [-0.2, 0) is 20.9 Å². The van der Waals surface area contributed by atoms with Gasteiger partial charge in [-0.15, -0.1) is 0 Å². The summed E-state index contributed by atoms with van der Waals surface area (Å²) < 4.78 is 11.7. The standard InChI is InChI=1S/C26H25NO5/c1-18-23(25(28)29)32-24(21-15-9-4-10-16-21)22(20-13-7-3-8-14-20)27(18)26(30)31-17-19-11-5-2-6-12-19/h2-16,18,22-24H,17H2,1H3,(H,28,29)/t18-,22-,23?,24+/m1/s1. The average Bonchev–Trinajstić information content (AvgIpc) is 2.83. The smallest absolute Gasteiger partial charge is 0.411 e. The summed E-state index contributed by atoms with van der Waals surface area (Å²) >= 11 is 0. The first-order chi connectivity index (χ1) is 15.6. The minimum atomic E-state index is -1.19. The lowest BCUT2D eigenvalue weighted by atomic mass is 9.90. The molecule has 164 valence electrons. The van der Waals surface area contributed by atoms with Gasteiger partial charge in [-0.25, -0.2) is 9.59 Å². The van der Waals surface area contributed by atoms with Crippen molar-refractivity contribution in [2.75, 3.05) is 0 Å². The van der Waals surface area contributed by atoms with Crippen LogP contribution < -0.4 is 0 Å². The Morgan fingerprint density at radius 3 is 1.97 bits per heavy atom. The number of amides is 1. The van der Waals surface area contributed by atoms with E-state index in [1.54, 1.807) is 6.92 Å². The third-order valence-electron chi connectivity index (χ3n) is 5.69. The van der Waals surface area contributed by atoms with Gasteiger partial charge in [0.05, 0.1) is 12.1 Å². The van der Waals surface area contributed by atoms with Gasteiger partial charge < -0.3 is 14.6 Å². The third kappa shape index (κ3) is 4.50. The van der Waals surface area contributed by atoms with Crippen molar-refractivity contribution in [1.29, 1.82) is 0 Å². The van der Waals surface area contributed by atoms with Crippen LogP contribution in [0.1, 0.15) is 35.8 Å². The number of carboxylic acids is 1. The van der Waals surface area contributed by atoms with E-state index in [-0.39, 0.29) is 6.61 Å². The Hall–Kier alpha value is -3.64. The first kappa shape index (κ1) is 21.6. The zero-order valence-electron chi connectivity index (χ0n) is 17.7. The maximum atomic E-state index is 13.4. The predicted molar refractivity (Wildman–Crippen MR) is 119 cm³/mol. The fourth-order valence-electron chi connectivity index (χ4n) is 4.12. The number of benzene rings is 3. The van der Waals surface area contributed by atoms with Gasteiger partial charge in [0, 0.05) is 0 Å². The summed E-state index contributed by atoms with van der Waals surface area (Å²) in [7, 11) is 0. The second-order valence-corrected chi connectivity index (χ2v) is 7.77. The minimum absolute atomic E-state index is 0.0962. The van der Waals surface area contributed by atoms with Crippen molar-refractivity contribution in [3.63, 3.8) is 0 Å². The molecule has 1 unspecified atom stereocenters. The van der Waals surface area contributed by atoms with Gasteiger partial charge in [0.2, 0.25) is 0 Å². The molecule has 0 aromatic heterocycles. The zero-order chi connectivity index (χ0) is 22.5. The normalized spacial score (nSPS) is 22.8. The van der Waals surface area contributed by atoms with Gasteiger partial charge >= 0.3 is 12.1 Å². The summed E-state index contributed by atoms with van der Waals surface area (Å²) in [5.41, 5.74) is 2.49. The maximum Gasteiger partial charge on any atom is 0.411 e. The summed E-state index contributed by atoms with van der Waals surface area (Å²) in [6, 6.07) is 27.0. The highest BCUT2D eigenvalue weighted by molar-refractivity contribution is 5.76. The third-order valence-corrected chi connectivity index (χ3v) is 5.69. The predicted octanol–water partition coefficient (Wildman–Crippen LogP) is 4.98. The van der Waals surface area contributed by atoms with E-state index in [2.05, 4.69) is 0 Å². The van der Waals surface area contributed by atoms with Crippen molar-refractivity contribution in [3.8, 4) is 0 Å². The van der Waals surface area contributed by atoms with Crippen molar-refractivity contribution in [3.05, 3.63) is 108 Å².